The molecule has 1 saturated heterocycles. The first-order valence-corrected chi connectivity index (χ1v) is 10.5. The summed E-state index contributed by atoms with van der Waals surface area (Å²) in [6, 6.07) is 9.24. The number of hydrogen-bond donors (Lipinski definition) is 1. The van der Waals surface area contributed by atoms with Gasteiger partial charge in [-0.25, -0.2) is 0 Å². The number of ether oxygens (including phenoxy) is 1. The molecule has 0 aliphatic carbocycles. The summed E-state index contributed by atoms with van der Waals surface area (Å²) in [7, 11) is 0. The molecule has 1 heterocycles. The zero-order valence-electron chi connectivity index (χ0n) is 15.1. The molecule has 150 valence electrons. The number of thioether (sulfide) groups is 1. The number of benzene rings is 2. The van der Waals surface area contributed by atoms with Crippen LogP contribution >= 0.6 is 39.3 Å². The van der Waals surface area contributed by atoms with Crippen molar-refractivity contribution in [2.45, 2.75) is 6.92 Å². The maximum atomic E-state index is 12.7. The predicted octanol–water partition coefficient (Wildman–Crippen LogP) is 5.13. The highest BCUT2D eigenvalue weighted by Gasteiger charge is 2.36. The van der Waals surface area contributed by atoms with E-state index < -0.39 is 11.1 Å². The van der Waals surface area contributed by atoms with Crippen molar-refractivity contribution in [3.05, 3.63) is 61.9 Å². The first-order valence-electron chi connectivity index (χ1n) is 8.49. The molecule has 1 N–H and O–H groups in total. The normalized spacial score (nSPS) is 15.3. The van der Waals surface area contributed by atoms with Gasteiger partial charge in [0.1, 0.15) is 0 Å². The lowest BCUT2D eigenvalue weighted by molar-refractivity contribution is -0.122. The molecule has 29 heavy (non-hydrogen) atoms. The van der Waals surface area contributed by atoms with Gasteiger partial charge in [0.15, 0.2) is 17.3 Å². The molecule has 3 rings (SSSR count). The lowest BCUT2D eigenvalue weighted by Gasteiger charge is -2.11. The Morgan fingerprint density at radius 1 is 1.28 bits per heavy atom. The molecule has 1 fully saturated rings. The molecule has 9 heteroatoms. The minimum Gasteiger partial charge on any atom is -0.504 e. The van der Waals surface area contributed by atoms with Gasteiger partial charge in [-0.15, -0.1) is 0 Å². The van der Waals surface area contributed by atoms with Crippen LogP contribution < -0.4 is 4.74 Å². The maximum Gasteiger partial charge on any atom is 0.293 e. The third kappa shape index (κ3) is 4.83. The van der Waals surface area contributed by atoms with Crippen LogP contribution in [0.1, 0.15) is 22.8 Å². The topological polar surface area (TPSA) is 83.9 Å². The summed E-state index contributed by atoms with van der Waals surface area (Å²) < 4.78 is 5.88. The average Bonchev–Trinajstić information content (AvgIpc) is 2.93. The quantitative estimate of drug-likeness (QED) is 0.441. The van der Waals surface area contributed by atoms with E-state index >= 15 is 0 Å². The molecule has 0 aromatic heterocycles. The first-order chi connectivity index (χ1) is 13.8. The Balaban J connectivity index is 1.82. The molecule has 1 aliphatic heterocycles. The van der Waals surface area contributed by atoms with Crippen LogP contribution in [0.25, 0.3) is 6.08 Å². The Morgan fingerprint density at radius 2 is 1.97 bits per heavy atom. The molecular weight excluding hydrogens is 482 g/mol. The summed E-state index contributed by atoms with van der Waals surface area (Å²) in [6.45, 7) is 1.78. The van der Waals surface area contributed by atoms with Gasteiger partial charge in [-0.1, -0.05) is 27.5 Å². The van der Waals surface area contributed by atoms with Crippen LogP contribution in [0.3, 0.4) is 0 Å². The van der Waals surface area contributed by atoms with Gasteiger partial charge >= 0.3 is 0 Å². The van der Waals surface area contributed by atoms with Crippen molar-refractivity contribution in [2.24, 2.45) is 0 Å². The van der Waals surface area contributed by atoms with Crippen LogP contribution in [0.4, 0.5) is 4.79 Å². The van der Waals surface area contributed by atoms with Crippen LogP contribution in [0.2, 0.25) is 5.02 Å². The summed E-state index contributed by atoms with van der Waals surface area (Å²) in [5.41, 5.74) is 0.917. The Morgan fingerprint density at radius 3 is 2.62 bits per heavy atom. The van der Waals surface area contributed by atoms with E-state index in [0.29, 0.717) is 27.2 Å². The third-order valence-corrected chi connectivity index (χ3v) is 5.85. The van der Waals surface area contributed by atoms with E-state index in [4.69, 9.17) is 16.3 Å². The van der Waals surface area contributed by atoms with Crippen LogP contribution in [0.15, 0.2) is 45.8 Å². The molecule has 0 radical (unpaired) electrons. The number of imide groups is 1. The van der Waals surface area contributed by atoms with Gasteiger partial charge in [-0.05, 0) is 66.7 Å². The van der Waals surface area contributed by atoms with Gasteiger partial charge < -0.3 is 9.84 Å². The van der Waals surface area contributed by atoms with Gasteiger partial charge in [0.25, 0.3) is 11.1 Å². The van der Waals surface area contributed by atoms with E-state index in [1.54, 1.807) is 37.3 Å². The average molecular weight is 497 g/mol. The van der Waals surface area contributed by atoms with Gasteiger partial charge in [0.05, 0.1) is 18.1 Å². The number of phenolic OH excluding ortho intramolecular Hbond substituents is 1. The van der Waals surface area contributed by atoms with Crippen molar-refractivity contribution in [2.75, 3.05) is 13.2 Å². The van der Waals surface area contributed by atoms with Crippen molar-refractivity contribution in [3.8, 4) is 11.5 Å². The molecule has 6 nitrogen and oxygen atoms in total. The van der Waals surface area contributed by atoms with E-state index in [-0.39, 0.29) is 28.7 Å². The fourth-order valence-corrected chi connectivity index (χ4v) is 3.99. The number of ketones is 1. The highest BCUT2D eigenvalue weighted by molar-refractivity contribution is 9.10. The van der Waals surface area contributed by atoms with Crippen molar-refractivity contribution in [1.29, 1.82) is 0 Å². The number of carbonyl (C=O) groups excluding carboxylic acids is 3. The molecule has 2 amide bonds. The van der Waals surface area contributed by atoms with Crippen molar-refractivity contribution in [3.63, 3.8) is 0 Å². The molecule has 0 bridgehead atoms. The lowest BCUT2D eigenvalue weighted by atomic mass is 10.1. The Hall–Kier alpha value is -2.29. The molecule has 1 aliphatic rings. The largest absolute Gasteiger partial charge is 0.504 e. The second kappa shape index (κ2) is 9.02. The zero-order chi connectivity index (χ0) is 21.1. The number of phenols is 1. The third-order valence-electron chi connectivity index (χ3n) is 4.01. The van der Waals surface area contributed by atoms with Gasteiger partial charge in [0, 0.05) is 15.1 Å². The standard InChI is InChI=1S/C20H15BrClNO5S/c1-2-28-17-7-12(14(21)9-15(17)24)8-18-19(26)23(20(27)29-18)10-16(25)11-3-5-13(22)6-4-11/h3-9,24H,2,10H2,1H3/b18-8-. The van der Waals surface area contributed by atoms with Crippen molar-refractivity contribution < 1.29 is 24.2 Å². The lowest BCUT2D eigenvalue weighted by Crippen LogP contribution is -2.33. The summed E-state index contributed by atoms with van der Waals surface area (Å²) in [6.07, 6.45) is 1.52. The highest BCUT2D eigenvalue weighted by Crippen LogP contribution is 2.37. The minimum atomic E-state index is -0.555. The Kier molecular flexibility index (Phi) is 6.66. The molecule has 2 aromatic rings. The van der Waals surface area contributed by atoms with E-state index in [0.717, 1.165) is 16.7 Å². The number of rotatable bonds is 6. The summed E-state index contributed by atoms with van der Waals surface area (Å²) in [5, 5.41) is 9.88. The fourth-order valence-electron chi connectivity index (χ4n) is 2.59. The molecule has 2 aromatic carbocycles. The molecule has 0 spiro atoms. The number of halogens is 2. The molecule has 0 saturated carbocycles. The van der Waals surface area contributed by atoms with E-state index in [1.807, 2.05) is 0 Å². The number of amides is 2. The van der Waals surface area contributed by atoms with Crippen molar-refractivity contribution in [1.82, 2.24) is 4.90 Å². The van der Waals surface area contributed by atoms with Crippen LogP contribution in [-0.4, -0.2) is 40.1 Å². The second-order valence-corrected chi connectivity index (χ2v) is 8.26. The maximum absolute atomic E-state index is 12.7. The van der Waals surface area contributed by atoms with Crippen molar-refractivity contribution >= 4 is 62.3 Å². The molecule has 0 unspecified atom stereocenters. The number of hydrogen-bond acceptors (Lipinski definition) is 6. The fraction of sp³-hybridized carbons (Fsp3) is 0.150. The number of Topliss-reactive ketones (excluding diaryl/α,β-unsaturated/α-hetero) is 1. The van der Waals surface area contributed by atoms with Crippen LogP contribution in [0.5, 0.6) is 11.5 Å². The number of nitrogens with zero attached hydrogens (tertiary/aromatic N) is 1. The van der Waals surface area contributed by atoms with Crippen LogP contribution in [0, 0.1) is 0 Å². The first kappa shape index (κ1) is 21.4. The molecule has 0 atom stereocenters. The van der Waals surface area contributed by atoms with Crippen LogP contribution in [-0.2, 0) is 4.79 Å². The van der Waals surface area contributed by atoms with Gasteiger partial charge in [-0.3, -0.25) is 19.3 Å². The highest BCUT2D eigenvalue weighted by atomic mass is 79.9. The Bertz CT molecular complexity index is 1020. The minimum absolute atomic E-state index is 0.0439. The Labute approximate surface area is 184 Å². The van der Waals surface area contributed by atoms with E-state index in [2.05, 4.69) is 15.9 Å². The number of carbonyl (C=O) groups is 3. The summed E-state index contributed by atoms with van der Waals surface area (Å²) in [4.78, 5) is 38.5. The second-order valence-electron chi connectivity index (χ2n) is 5.97. The zero-order valence-corrected chi connectivity index (χ0v) is 18.3. The predicted molar refractivity (Wildman–Crippen MR) is 115 cm³/mol. The monoisotopic (exact) mass is 495 g/mol. The van der Waals surface area contributed by atoms with Gasteiger partial charge in [-0.2, -0.15) is 0 Å². The molecular formula is C20H15BrClNO5S. The number of aromatic hydroxyl groups is 1. The summed E-state index contributed by atoms with van der Waals surface area (Å²) >= 11 is 9.89. The summed E-state index contributed by atoms with van der Waals surface area (Å²) in [5.74, 6) is -0.702. The smallest absolute Gasteiger partial charge is 0.293 e. The SMILES string of the molecule is CCOc1cc(/C=C2\SC(=O)N(CC(=O)c3ccc(Cl)cc3)C2=O)c(Br)cc1O. The van der Waals surface area contributed by atoms with E-state index in [9.17, 15) is 19.5 Å². The van der Waals surface area contributed by atoms with Gasteiger partial charge in [0.2, 0.25) is 0 Å². The van der Waals surface area contributed by atoms with E-state index in [1.165, 1.54) is 12.1 Å².